The molecule has 84 valence electrons. The second-order valence-electron chi connectivity index (χ2n) is 2.92. The minimum atomic E-state index is -0.521. The lowest BCUT2D eigenvalue weighted by Gasteiger charge is -1.99. The van der Waals surface area contributed by atoms with Crippen molar-refractivity contribution < 1.29 is 14.8 Å². The molecule has 0 spiro atoms. The zero-order valence-corrected chi connectivity index (χ0v) is 8.50. The summed E-state index contributed by atoms with van der Waals surface area (Å²) in [4.78, 5) is 10.1. The van der Waals surface area contributed by atoms with E-state index in [1.165, 1.54) is 30.5 Å². The van der Waals surface area contributed by atoms with Gasteiger partial charge in [-0.15, -0.1) is 0 Å². The molecule has 0 saturated carbocycles. The summed E-state index contributed by atoms with van der Waals surface area (Å²) in [5.74, 6) is -0.0334. The lowest BCUT2D eigenvalue weighted by molar-refractivity contribution is -0.385. The first kappa shape index (κ1) is 11.8. The number of benzene rings is 1. The van der Waals surface area contributed by atoms with E-state index in [9.17, 15) is 15.2 Å². The first-order chi connectivity index (χ1) is 7.65. The van der Waals surface area contributed by atoms with Crippen LogP contribution in [0.15, 0.2) is 37.1 Å². The zero-order chi connectivity index (χ0) is 12.0. The Hall–Kier alpha value is -2.30. The van der Waals surface area contributed by atoms with E-state index in [0.29, 0.717) is 6.61 Å². The van der Waals surface area contributed by atoms with Crippen LogP contribution >= 0.6 is 0 Å². The van der Waals surface area contributed by atoms with Crippen LogP contribution in [0.25, 0.3) is 6.08 Å². The number of hydrogen-bond acceptors (Lipinski definition) is 4. The Morgan fingerprint density at radius 3 is 2.94 bits per heavy atom. The smallest absolute Gasteiger partial charge is 0.276 e. The van der Waals surface area contributed by atoms with Gasteiger partial charge in [-0.05, 0) is 18.2 Å². The Morgan fingerprint density at radius 1 is 1.56 bits per heavy atom. The highest BCUT2D eigenvalue weighted by atomic mass is 16.6. The molecule has 0 aliphatic rings. The van der Waals surface area contributed by atoms with E-state index in [-0.39, 0.29) is 17.0 Å². The largest absolute Gasteiger partial charge is 0.508 e. The molecule has 0 unspecified atom stereocenters. The summed E-state index contributed by atoms with van der Waals surface area (Å²) in [6, 6.07) is 3.80. The standard InChI is InChI=1S/C11H11NO4/c1-2-6-16-7-5-9-8-10(13)3-4-11(9)12(14)15/h2-5,7-8,13H,1,6H2/b7-5+. The van der Waals surface area contributed by atoms with Gasteiger partial charge in [0.05, 0.1) is 16.7 Å². The van der Waals surface area contributed by atoms with Crippen LogP contribution in [0.5, 0.6) is 5.75 Å². The van der Waals surface area contributed by atoms with Crippen LogP contribution in [0.1, 0.15) is 5.56 Å². The van der Waals surface area contributed by atoms with Crippen molar-refractivity contribution in [1.29, 1.82) is 0 Å². The molecule has 1 aromatic rings. The fourth-order valence-electron chi connectivity index (χ4n) is 1.09. The van der Waals surface area contributed by atoms with E-state index in [2.05, 4.69) is 6.58 Å². The molecule has 0 aliphatic heterocycles. The monoisotopic (exact) mass is 221 g/mol. The first-order valence-corrected chi connectivity index (χ1v) is 4.51. The molecule has 0 fully saturated rings. The van der Waals surface area contributed by atoms with E-state index in [1.54, 1.807) is 6.08 Å². The van der Waals surface area contributed by atoms with E-state index in [1.807, 2.05) is 0 Å². The number of rotatable bonds is 5. The SMILES string of the molecule is C=CCO/C=C/c1cc(O)ccc1[N+](=O)[O-]. The van der Waals surface area contributed by atoms with Gasteiger partial charge in [-0.1, -0.05) is 12.7 Å². The number of ether oxygens (including phenoxy) is 1. The van der Waals surface area contributed by atoms with Gasteiger partial charge in [0.2, 0.25) is 0 Å². The Morgan fingerprint density at radius 2 is 2.31 bits per heavy atom. The van der Waals surface area contributed by atoms with Gasteiger partial charge < -0.3 is 9.84 Å². The van der Waals surface area contributed by atoms with Crippen LogP contribution < -0.4 is 0 Å². The van der Waals surface area contributed by atoms with E-state index >= 15 is 0 Å². The summed E-state index contributed by atoms with van der Waals surface area (Å²) in [5, 5.41) is 19.9. The highest BCUT2D eigenvalue weighted by molar-refractivity contribution is 5.62. The number of nitro benzene ring substituents is 1. The second kappa shape index (κ2) is 5.55. The van der Waals surface area contributed by atoms with Crippen LogP contribution in [0.3, 0.4) is 0 Å². The number of phenolic OH excluding ortho intramolecular Hbond substituents is 1. The first-order valence-electron chi connectivity index (χ1n) is 4.51. The average molecular weight is 221 g/mol. The predicted octanol–water partition coefficient (Wildman–Crippen LogP) is 2.47. The van der Waals surface area contributed by atoms with Gasteiger partial charge in [0.25, 0.3) is 5.69 Å². The van der Waals surface area contributed by atoms with Crippen molar-refractivity contribution in [2.45, 2.75) is 0 Å². The highest BCUT2D eigenvalue weighted by Gasteiger charge is 2.11. The molecule has 1 rings (SSSR count). The highest BCUT2D eigenvalue weighted by Crippen LogP contribution is 2.24. The van der Waals surface area contributed by atoms with Crippen LogP contribution in [0.2, 0.25) is 0 Å². The molecule has 5 nitrogen and oxygen atoms in total. The van der Waals surface area contributed by atoms with Gasteiger partial charge in [-0.3, -0.25) is 10.1 Å². The molecule has 16 heavy (non-hydrogen) atoms. The fraction of sp³-hybridized carbons (Fsp3) is 0.0909. The maximum Gasteiger partial charge on any atom is 0.276 e. The third kappa shape index (κ3) is 3.13. The van der Waals surface area contributed by atoms with Crippen molar-refractivity contribution in [3.05, 3.63) is 52.8 Å². The number of nitro groups is 1. The molecule has 0 bridgehead atoms. The molecule has 0 radical (unpaired) electrons. The molecule has 0 amide bonds. The molecule has 0 atom stereocenters. The zero-order valence-electron chi connectivity index (χ0n) is 8.50. The van der Waals surface area contributed by atoms with Gasteiger partial charge in [-0.2, -0.15) is 0 Å². The van der Waals surface area contributed by atoms with Crippen LogP contribution in [-0.4, -0.2) is 16.6 Å². The van der Waals surface area contributed by atoms with E-state index in [4.69, 9.17) is 4.74 Å². The van der Waals surface area contributed by atoms with Crippen LogP contribution in [0.4, 0.5) is 5.69 Å². The van der Waals surface area contributed by atoms with E-state index < -0.39 is 4.92 Å². The normalized spacial score (nSPS) is 10.2. The lowest BCUT2D eigenvalue weighted by atomic mass is 10.1. The Balaban J connectivity index is 2.92. The maximum atomic E-state index is 10.7. The molecule has 0 aliphatic carbocycles. The average Bonchev–Trinajstić information content (AvgIpc) is 2.24. The Bertz CT molecular complexity index is 426. The van der Waals surface area contributed by atoms with E-state index in [0.717, 1.165) is 0 Å². The third-order valence-electron chi connectivity index (χ3n) is 1.77. The number of aromatic hydroxyl groups is 1. The van der Waals surface area contributed by atoms with Gasteiger partial charge in [0.1, 0.15) is 12.4 Å². The Kier molecular flexibility index (Phi) is 4.08. The predicted molar refractivity (Wildman–Crippen MR) is 59.9 cm³/mol. The van der Waals surface area contributed by atoms with Crippen molar-refractivity contribution in [3.63, 3.8) is 0 Å². The van der Waals surface area contributed by atoms with Gasteiger partial charge >= 0.3 is 0 Å². The molecular weight excluding hydrogens is 210 g/mol. The number of nitrogens with zero attached hydrogens (tertiary/aromatic N) is 1. The molecular formula is C11H11NO4. The fourth-order valence-corrected chi connectivity index (χ4v) is 1.09. The molecule has 0 heterocycles. The second-order valence-corrected chi connectivity index (χ2v) is 2.92. The van der Waals surface area contributed by atoms with Crippen molar-refractivity contribution >= 4 is 11.8 Å². The Labute approximate surface area is 92.4 Å². The van der Waals surface area contributed by atoms with Crippen LogP contribution in [0, 0.1) is 10.1 Å². The third-order valence-corrected chi connectivity index (χ3v) is 1.77. The van der Waals surface area contributed by atoms with Gasteiger partial charge in [0.15, 0.2) is 0 Å². The molecule has 1 N–H and O–H groups in total. The molecule has 0 aromatic heterocycles. The molecule has 0 saturated heterocycles. The minimum Gasteiger partial charge on any atom is -0.508 e. The van der Waals surface area contributed by atoms with Crippen LogP contribution in [-0.2, 0) is 4.74 Å². The summed E-state index contributed by atoms with van der Waals surface area (Å²) in [7, 11) is 0. The summed E-state index contributed by atoms with van der Waals surface area (Å²) in [5.41, 5.74) is 0.199. The van der Waals surface area contributed by atoms with Crippen molar-refractivity contribution in [1.82, 2.24) is 0 Å². The van der Waals surface area contributed by atoms with Gasteiger partial charge in [0, 0.05) is 6.07 Å². The topological polar surface area (TPSA) is 72.6 Å². The van der Waals surface area contributed by atoms with Crippen molar-refractivity contribution in [2.24, 2.45) is 0 Å². The summed E-state index contributed by atoms with van der Waals surface area (Å²) in [6.45, 7) is 3.78. The summed E-state index contributed by atoms with van der Waals surface area (Å²) in [6.07, 6.45) is 4.30. The number of hydrogen-bond donors (Lipinski definition) is 1. The minimum absolute atomic E-state index is 0.0334. The van der Waals surface area contributed by atoms with Gasteiger partial charge in [-0.25, -0.2) is 0 Å². The summed E-state index contributed by atoms with van der Waals surface area (Å²) < 4.78 is 4.96. The summed E-state index contributed by atoms with van der Waals surface area (Å²) >= 11 is 0. The number of phenols is 1. The molecule has 1 aromatic carbocycles. The molecule has 5 heteroatoms. The lowest BCUT2D eigenvalue weighted by Crippen LogP contribution is -1.91. The van der Waals surface area contributed by atoms with Crippen molar-refractivity contribution in [2.75, 3.05) is 6.61 Å². The van der Waals surface area contributed by atoms with Crippen molar-refractivity contribution in [3.8, 4) is 5.75 Å². The maximum absolute atomic E-state index is 10.7. The quantitative estimate of drug-likeness (QED) is 0.272.